The van der Waals surface area contributed by atoms with E-state index in [4.69, 9.17) is 0 Å². The summed E-state index contributed by atoms with van der Waals surface area (Å²) in [6.07, 6.45) is 5.85. The third-order valence-electron chi connectivity index (χ3n) is 5.45. The number of thiophene rings is 1. The maximum absolute atomic E-state index is 12.8. The number of hydrogen-bond donors (Lipinski definition) is 1. The van der Waals surface area contributed by atoms with E-state index in [2.05, 4.69) is 4.72 Å². The van der Waals surface area contributed by atoms with Gasteiger partial charge >= 0.3 is 0 Å². The van der Waals surface area contributed by atoms with Crippen molar-refractivity contribution in [3.05, 3.63) is 40.8 Å². The van der Waals surface area contributed by atoms with E-state index in [0.29, 0.717) is 16.4 Å². The molecule has 0 spiro atoms. The fraction of sp³-hybridized carbons (Fsp3) is 0.450. The Morgan fingerprint density at radius 2 is 2.00 bits per heavy atom. The SMILES string of the molecule is CCc1ccc(S(=O)(=O)Nc2ccc3c(c2)CCN3C(=O)C2CCCC2)s1. The number of fused-ring (bicyclic) bond motifs is 1. The van der Waals surface area contributed by atoms with E-state index in [0.717, 1.165) is 54.7 Å². The van der Waals surface area contributed by atoms with Crippen LogP contribution in [0.2, 0.25) is 0 Å². The van der Waals surface area contributed by atoms with Gasteiger partial charge in [-0.2, -0.15) is 0 Å². The lowest BCUT2D eigenvalue weighted by atomic mass is 10.1. The van der Waals surface area contributed by atoms with Gasteiger partial charge < -0.3 is 4.90 Å². The molecule has 1 amide bonds. The normalized spacial score (nSPS) is 17.3. The first-order valence-electron chi connectivity index (χ1n) is 9.54. The molecule has 0 saturated heterocycles. The molecular formula is C20H24N2O3S2. The van der Waals surface area contributed by atoms with Crippen molar-refractivity contribution < 1.29 is 13.2 Å². The summed E-state index contributed by atoms with van der Waals surface area (Å²) in [5.74, 6) is 0.381. The number of amides is 1. The van der Waals surface area contributed by atoms with Crippen LogP contribution in [0, 0.1) is 5.92 Å². The van der Waals surface area contributed by atoms with Crippen LogP contribution < -0.4 is 9.62 Å². The van der Waals surface area contributed by atoms with Gasteiger partial charge in [0.25, 0.3) is 10.0 Å². The highest BCUT2D eigenvalue weighted by Gasteiger charge is 2.32. The predicted molar refractivity (Wildman–Crippen MR) is 109 cm³/mol. The van der Waals surface area contributed by atoms with Gasteiger partial charge in [-0.1, -0.05) is 19.8 Å². The van der Waals surface area contributed by atoms with Gasteiger partial charge in [0, 0.05) is 28.7 Å². The van der Waals surface area contributed by atoms with Crippen molar-refractivity contribution in [1.29, 1.82) is 0 Å². The van der Waals surface area contributed by atoms with Crippen molar-refractivity contribution in [2.24, 2.45) is 5.92 Å². The second-order valence-electron chi connectivity index (χ2n) is 7.24. The Balaban J connectivity index is 1.52. The van der Waals surface area contributed by atoms with Gasteiger partial charge in [0.2, 0.25) is 5.91 Å². The molecule has 0 bridgehead atoms. The maximum atomic E-state index is 12.8. The largest absolute Gasteiger partial charge is 0.312 e. The Morgan fingerprint density at radius 3 is 2.70 bits per heavy atom. The molecule has 0 unspecified atom stereocenters. The van der Waals surface area contributed by atoms with Gasteiger partial charge in [0.1, 0.15) is 4.21 Å². The third-order valence-corrected chi connectivity index (χ3v) is 8.55. The molecular weight excluding hydrogens is 380 g/mol. The summed E-state index contributed by atoms with van der Waals surface area (Å²) in [4.78, 5) is 15.7. The number of carbonyl (C=O) groups is 1. The topological polar surface area (TPSA) is 66.5 Å². The van der Waals surface area contributed by atoms with Gasteiger partial charge in [0.15, 0.2) is 0 Å². The van der Waals surface area contributed by atoms with Crippen LogP contribution in [-0.2, 0) is 27.7 Å². The van der Waals surface area contributed by atoms with Crippen molar-refractivity contribution in [2.45, 2.75) is 49.7 Å². The first-order chi connectivity index (χ1) is 13.0. The highest BCUT2D eigenvalue weighted by atomic mass is 32.2. The summed E-state index contributed by atoms with van der Waals surface area (Å²) in [5.41, 5.74) is 2.51. The highest BCUT2D eigenvalue weighted by Crippen LogP contribution is 2.35. The first kappa shape index (κ1) is 18.5. The van der Waals surface area contributed by atoms with Crippen LogP contribution in [-0.4, -0.2) is 20.9 Å². The second kappa shape index (κ2) is 7.28. The fourth-order valence-corrected chi connectivity index (χ4v) is 6.33. The Labute approximate surface area is 164 Å². The monoisotopic (exact) mass is 404 g/mol. The van der Waals surface area contributed by atoms with Crippen molar-refractivity contribution >= 4 is 38.6 Å². The highest BCUT2D eigenvalue weighted by molar-refractivity contribution is 7.94. The lowest BCUT2D eigenvalue weighted by molar-refractivity contribution is -0.122. The quantitative estimate of drug-likeness (QED) is 0.812. The Kier molecular flexibility index (Phi) is 4.99. The molecule has 1 aromatic carbocycles. The van der Waals surface area contributed by atoms with E-state index in [1.54, 1.807) is 12.1 Å². The Morgan fingerprint density at radius 1 is 1.22 bits per heavy atom. The molecule has 1 fully saturated rings. The molecule has 0 atom stereocenters. The van der Waals surface area contributed by atoms with Crippen LogP contribution in [0.1, 0.15) is 43.0 Å². The number of nitrogens with one attached hydrogen (secondary N) is 1. The standard InChI is InChI=1S/C20H24N2O3S2/c1-2-17-8-10-19(26-17)27(24,25)21-16-7-9-18-15(13-16)11-12-22(18)20(23)14-5-3-4-6-14/h7-10,13-14,21H,2-6,11-12H2,1H3. The van der Waals surface area contributed by atoms with Crippen LogP contribution in [0.5, 0.6) is 0 Å². The van der Waals surface area contributed by atoms with E-state index in [1.165, 1.54) is 11.3 Å². The molecule has 1 N–H and O–H groups in total. The molecule has 2 aromatic rings. The lowest BCUT2D eigenvalue weighted by Crippen LogP contribution is -2.33. The van der Waals surface area contributed by atoms with Crippen LogP contribution in [0.3, 0.4) is 0 Å². The molecule has 1 aromatic heterocycles. The van der Waals surface area contributed by atoms with E-state index in [9.17, 15) is 13.2 Å². The predicted octanol–water partition coefficient (Wildman–Crippen LogP) is 4.19. The van der Waals surface area contributed by atoms with Crippen molar-refractivity contribution in [2.75, 3.05) is 16.2 Å². The zero-order valence-electron chi connectivity index (χ0n) is 15.4. The number of benzene rings is 1. The average Bonchev–Trinajstić information content (AvgIpc) is 3.39. The zero-order valence-corrected chi connectivity index (χ0v) is 17.0. The Bertz CT molecular complexity index is 959. The summed E-state index contributed by atoms with van der Waals surface area (Å²) in [5, 5.41) is 0. The minimum Gasteiger partial charge on any atom is -0.312 e. The molecule has 1 aliphatic carbocycles. The van der Waals surface area contributed by atoms with Crippen molar-refractivity contribution in [1.82, 2.24) is 0 Å². The smallest absolute Gasteiger partial charge is 0.271 e. The second-order valence-corrected chi connectivity index (χ2v) is 10.3. The van der Waals surface area contributed by atoms with Crippen LogP contribution in [0.25, 0.3) is 0 Å². The van der Waals surface area contributed by atoms with E-state index in [-0.39, 0.29) is 11.8 Å². The van der Waals surface area contributed by atoms with Gasteiger partial charge in [-0.05, 0) is 61.6 Å². The molecule has 0 radical (unpaired) electrons. The number of hydrogen-bond acceptors (Lipinski definition) is 4. The van der Waals surface area contributed by atoms with E-state index >= 15 is 0 Å². The number of rotatable bonds is 5. The number of carbonyl (C=O) groups excluding carboxylic acids is 1. The molecule has 144 valence electrons. The fourth-order valence-electron chi connectivity index (χ4n) is 3.99. The third kappa shape index (κ3) is 3.62. The van der Waals surface area contributed by atoms with E-state index < -0.39 is 10.0 Å². The molecule has 4 rings (SSSR count). The number of sulfonamides is 1. The average molecular weight is 405 g/mol. The molecule has 7 heteroatoms. The molecule has 2 aliphatic rings. The van der Waals surface area contributed by atoms with E-state index in [1.807, 2.05) is 30.0 Å². The minimum absolute atomic E-state index is 0.153. The number of anilines is 2. The first-order valence-corrected chi connectivity index (χ1v) is 11.8. The van der Waals surface area contributed by atoms with Crippen LogP contribution in [0.15, 0.2) is 34.5 Å². The van der Waals surface area contributed by atoms with Crippen molar-refractivity contribution in [3.63, 3.8) is 0 Å². The molecule has 1 aliphatic heterocycles. The minimum atomic E-state index is -3.57. The summed E-state index contributed by atoms with van der Waals surface area (Å²) < 4.78 is 28.2. The molecule has 5 nitrogen and oxygen atoms in total. The van der Waals surface area contributed by atoms with Gasteiger partial charge in [0.05, 0.1) is 0 Å². The van der Waals surface area contributed by atoms with Gasteiger partial charge in [-0.25, -0.2) is 8.42 Å². The molecule has 27 heavy (non-hydrogen) atoms. The summed E-state index contributed by atoms with van der Waals surface area (Å²) in [6.45, 7) is 2.69. The molecule has 2 heterocycles. The lowest BCUT2D eigenvalue weighted by Gasteiger charge is -2.21. The maximum Gasteiger partial charge on any atom is 0.271 e. The summed E-state index contributed by atoms with van der Waals surface area (Å²) in [6, 6.07) is 9.00. The van der Waals surface area contributed by atoms with Crippen LogP contribution in [0.4, 0.5) is 11.4 Å². The number of aryl methyl sites for hydroxylation is 1. The summed E-state index contributed by atoms with van der Waals surface area (Å²) in [7, 11) is -3.57. The number of nitrogens with zero attached hydrogens (tertiary/aromatic N) is 1. The van der Waals surface area contributed by atoms with Gasteiger partial charge in [-0.15, -0.1) is 11.3 Å². The Hall–Kier alpha value is -1.86. The van der Waals surface area contributed by atoms with Gasteiger partial charge in [-0.3, -0.25) is 9.52 Å². The zero-order chi connectivity index (χ0) is 19.0. The molecule has 1 saturated carbocycles. The van der Waals surface area contributed by atoms with Crippen LogP contribution >= 0.6 is 11.3 Å². The summed E-state index contributed by atoms with van der Waals surface area (Å²) >= 11 is 1.30. The van der Waals surface area contributed by atoms with Crippen molar-refractivity contribution in [3.8, 4) is 0 Å².